The fraction of sp³-hybridized carbons (Fsp3) is 0.375. The SMILES string of the molecule is CCCNC(Cc1cc(F)ccc1Cl)c1sccc1OC. The van der Waals surface area contributed by atoms with Gasteiger partial charge in [-0.15, -0.1) is 11.3 Å². The average molecular weight is 328 g/mol. The van der Waals surface area contributed by atoms with Crippen LogP contribution >= 0.6 is 22.9 Å². The van der Waals surface area contributed by atoms with Crippen molar-refractivity contribution < 1.29 is 9.13 Å². The Morgan fingerprint density at radius 1 is 1.38 bits per heavy atom. The smallest absolute Gasteiger partial charge is 0.134 e. The number of rotatable bonds is 7. The van der Waals surface area contributed by atoms with Gasteiger partial charge in [0, 0.05) is 11.1 Å². The molecule has 0 aliphatic rings. The Kier molecular flexibility index (Phi) is 6.03. The lowest BCUT2D eigenvalue weighted by molar-refractivity contribution is 0.402. The van der Waals surface area contributed by atoms with Crippen molar-refractivity contribution >= 4 is 22.9 Å². The molecule has 1 N–H and O–H groups in total. The average Bonchev–Trinajstić information content (AvgIpc) is 2.95. The zero-order chi connectivity index (χ0) is 15.2. The lowest BCUT2D eigenvalue weighted by Crippen LogP contribution is -2.23. The largest absolute Gasteiger partial charge is 0.496 e. The first kappa shape index (κ1) is 16.3. The quantitative estimate of drug-likeness (QED) is 0.786. The van der Waals surface area contributed by atoms with Crippen LogP contribution in [0.4, 0.5) is 4.39 Å². The summed E-state index contributed by atoms with van der Waals surface area (Å²) < 4.78 is 18.8. The van der Waals surface area contributed by atoms with Crippen LogP contribution in [0.3, 0.4) is 0 Å². The molecular weight excluding hydrogens is 309 g/mol. The van der Waals surface area contributed by atoms with E-state index in [9.17, 15) is 4.39 Å². The Bertz CT molecular complexity index is 587. The number of ether oxygens (including phenoxy) is 1. The number of methoxy groups -OCH3 is 1. The van der Waals surface area contributed by atoms with Crippen LogP contribution in [0.25, 0.3) is 0 Å². The second kappa shape index (κ2) is 7.78. The maximum Gasteiger partial charge on any atom is 0.134 e. The normalized spacial score (nSPS) is 12.4. The summed E-state index contributed by atoms with van der Waals surface area (Å²) in [6.07, 6.45) is 1.66. The summed E-state index contributed by atoms with van der Waals surface area (Å²) in [5.41, 5.74) is 0.806. The van der Waals surface area contributed by atoms with E-state index >= 15 is 0 Å². The maximum absolute atomic E-state index is 13.4. The van der Waals surface area contributed by atoms with E-state index in [1.54, 1.807) is 24.5 Å². The lowest BCUT2D eigenvalue weighted by atomic mass is 10.0. The van der Waals surface area contributed by atoms with E-state index < -0.39 is 0 Å². The number of halogens is 2. The molecule has 0 aliphatic heterocycles. The topological polar surface area (TPSA) is 21.3 Å². The molecule has 1 atom stereocenters. The van der Waals surface area contributed by atoms with Gasteiger partial charge in [-0.3, -0.25) is 0 Å². The molecule has 114 valence electrons. The molecule has 0 saturated heterocycles. The molecule has 0 fully saturated rings. The fourth-order valence-electron chi connectivity index (χ4n) is 2.23. The van der Waals surface area contributed by atoms with E-state index in [4.69, 9.17) is 16.3 Å². The maximum atomic E-state index is 13.4. The van der Waals surface area contributed by atoms with E-state index in [-0.39, 0.29) is 11.9 Å². The Morgan fingerprint density at radius 3 is 2.90 bits per heavy atom. The predicted octanol–water partition coefficient (Wildman–Crippen LogP) is 4.83. The summed E-state index contributed by atoms with van der Waals surface area (Å²) in [6, 6.07) is 6.51. The molecule has 0 saturated carbocycles. The zero-order valence-electron chi connectivity index (χ0n) is 12.2. The van der Waals surface area contributed by atoms with Crippen LogP contribution in [-0.4, -0.2) is 13.7 Å². The minimum absolute atomic E-state index is 0.0687. The van der Waals surface area contributed by atoms with E-state index in [1.165, 1.54) is 12.1 Å². The van der Waals surface area contributed by atoms with Crippen LogP contribution in [0.2, 0.25) is 5.02 Å². The summed E-state index contributed by atoms with van der Waals surface area (Å²) in [6.45, 7) is 3.00. The van der Waals surface area contributed by atoms with Crippen molar-refractivity contribution in [2.75, 3.05) is 13.7 Å². The first-order valence-corrected chi connectivity index (χ1v) is 8.20. The van der Waals surface area contributed by atoms with E-state index in [0.717, 1.165) is 29.2 Å². The third-order valence-corrected chi connectivity index (χ3v) is 4.65. The third kappa shape index (κ3) is 4.19. The number of hydrogen-bond acceptors (Lipinski definition) is 3. The molecule has 0 spiro atoms. The lowest BCUT2D eigenvalue weighted by Gasteiger charge is -2.19. The van der Waals surface area contributed by atoms with Crippen LogP contribution in [0.1, 0.15) is 29.8 Å². The number of thiophene rings is 1. The van der Waals surface area contributed by atoms with Gasteiger partial charge in [-0.1, -0.05) is 18.5 Å². The summed E-state index contributed by atoms with van der Waals surface area (Å²) >= 11 is 7.82. The van der Waals surface area contributed by atoms with Crippen LogP contribution in [0.5, 0.6) is 5.75 Å². The van der Waals surface area contributed by atoms with Crippen molar-refractivity contribution in [1.82, 2.24) is 5.32 Å². The highest BCUT2D eigenvalue weighted by Gasteiger charge is 2.19. The second-order valence-corrected chi connectivity index (χ2v) is 6.15. The highest BCUT2D eigenvalue weighted by atomic mass is 35.5. The molecule has 1 heterocycles. The minimum Gasteiger partial charge on any atom is -0.496 e. The molecule has 0 bridgehead atoms. The molecule has 2 aromatic rings. The summed E-state index contributed by atoms with van der Waals surface area (Å²) in [4.78, 5) is 1.12. The van der Waals surface area contributed by atoms with Crippen LogP contribution < -0.4 is 10.1 Å². The fourth-order valence-corrected chi connectivity index (χ4v) is 3.36. The Morgan fingerprint density at radius 2 is 2.19 bits per heavy atom. The van der Waals surface area contributed by atoms with Crippen molar-refractivity contribution in [3.05, 3.63) is 50.9 Å². The first-order chi connectivity index (χ1) is 10.2. The van der Waals surface area contributed by atoms with Crippen LogP contribution in [0.15, 0.2) is 29.6 Å². The Balaban J connectivity index is 2.26. The highest BCUT2D eigenvalue weighted by Crippen LogP contribution is 2.34. The van der Waals surface area contributed by atoms with Gasteiger partial charge in [0.05, 0.1) is 12.0 Å². The van der Waals surface area contributed by atoms with Gasteiger partial charge in [0.2, 0.25) is 0 Å². The van der Waals surface area contributed by atoms with Crippen molar-refractivity contribution in [3.8, 4) is 5.75 Å². The van der Waals surface area contributed by atoms with Crippen molar-refractivity contribution in [3.63, 3.8) is 0 Å². The van der Waals surface area contributed by atoms with Gasteiger partial charge in [0.1, 0.15) is 11.6 Å². The predicted molar refractivity (Wildman–Crippen MR) is 87.0 cm³/mol. The van der Waals surface area contributed by atoms with Crippen molar-refractivity contribution in [2.45, 2.75) is 25.8 Å². The summed E-state index contributed by atoms with van der Waals surface area (Å²) in [5.74, 6) is 0.600. The molecule has 5 heteroatoms. The van der Waals surface area contributed by atoms with E-state index in [0.29, 0.717) is 11.4 Å². The molecule has 0 aliphatic carbocycles. The number of benzene rings is 1. The van der Waals surface area contributed by atoms with Crippen molar-refractivity contribution in [1.29, 1.82) is 0 Å². The summed E-state index contributed by atoms with van der Waals surface area (Å²) in [7, 11) is 1.66. The minimum atomic E-state index is -0.262. The van der Waals surface area contributed by atoms with E-state index in [1.807, 2.05) is 11.4 Å². The molecule has 1 aromatic carbocycles. The van der Waals surface area contributed by atoms with Gasteiger partial charge in [-0.05, 0) is 54.6 Å². The van der Waals surface area contributed by atoms with Crippen LogP contribution in [-0.2, 0) is 6.42 Å². The molecule has 0 radical (unpaired) electrons. The molecule has 2 nitrogen and oxygen atoms in total. The third-order valence-electron chi connectivity index (χ3n) is 3.27. The molecule has 1 unspecified atom stereocenters. The molecule has 21 heavy (non-hydrogen) atoms. The molecular formula is C16H19ClFNOS. The standard InChI is InChI=1S/C16H19ClFNOS/c1-3-7-19-14(16-15(20-2)6-8-21-16)10-11-9-12(18)4-5-13(11)17/h4-6,8-9,14,19H,3,7,10H2,1-2H3. The van der Waals surface area contributed by atoms with Gasteiger partial charge in [-0.25, -0.2) is 4.39 Å². The molecule has 2 rings (SSSR count). The number of nitrogens with one attached hydrogen (secondary N) is 1. The van der Waals surface area contributed by atoms with Gasteiger partial charge < -0.3 is 10.1 Å². The van der Waals surface area contributed by atoms with E-state index in [2.05, 4.69) is 12.2 Å². The Labute approximate surface area is 133 Å². The second-order valence-electron chi connectivity index (χ2n) is 4.80. The van der Waals surface area contributed by atoms with Gasteiger partial charge in [0.25, 0.3) is 0 Å². The monoisotopic (exact) mass is 327 g/mol. The summed E-state index contributed by atoms with van der Waals surface area (Å²) in [5, 5.41) is 6.09. The van der Waals surface area contributed by atoms with Gasteiger partial charge >= 0.3 is 0 Å². The Hall–Kier alpha value is -1.10. The van der Waals surface area contributed by atoms with Gasteiger partial charge in [-0.2, -0.15) is 0 Å². The molecule has 0 amide bonds. The highest BCUT2D eigenvalue weighted by molar-refractivity contribution is 7.10. The molecule has 1 aromatic heterocycles. The first-order valence-electron chi connectivity index (χ1n) is 6.94. The zero-order valence-corrected chi connectivity index (χ0v) is 13.7. The van der Waals surface area contributed by atoms with Crippen LogP contribution in [0, 0.1) is 5.82 Å². The van der Waals surface area contributed by atoms with Crippen molar-refractivity contribution in [2.24, 2.45) is 0 Å². The van der Waals surface area contributed by atoms with Gasteiger partial charge in [0.15, 0.2) is 0 Å². The number of hydrogen-bond donors (Lipinski definition) is 1.